The molecular formula is C11H14FNO3. The number of methoxy groups -OCH3 is 2. The van der Waals surface area contributed by atoms with E-state index in [1.807, 2.05) is 0 Å². The van der Waals surface area contributed by atoms with Crippen molar-refractivity contribution in [3.05, 3.63) is 35.6 Å². The zero-order valence-corrected chi connectivity index (χ0v) is 9.14. The van der Waals surface area contributed by atoms with Gasteiger partial charge in [0.15, 0.2) is 6.10 Å². The van der Waals surface area contributed by atoms with Crippen LogP contribution in [0.4, 0.5) is 4.39 Å². The summed E-state index contributed by atoms with van der Waals surface area (Å²) >= 11 is 0. The van der Waals surface area contributed by atoms with Crippen molar-refractivity contribution in [2.75, 3.05) is 14.2 Å². The second kappa shape index (κ2) is 5.58. The van der Waals surface area contributed by atoms with Crippen molar-refractivity contribution in [3.63, 3.8) is 0 Å². The summed E-state index contributed by atoms with van der Waals surface area (Å²) in [5, 5.41) is 0. The van der Waals surface area contributed by atoms with Crippen molar-refractivity contribution in [2.45, 2.75) is 12.1 Å². The van der Waals surface area contributed by atoms with E-state index in [1.165, 1.54) is 38.5 Å². The van der Waals surface area contributed by atoms with Gasteiger partial charge in [-0.15, -0.1) is 0 Å². The van der Waals surface area contributed by atoms with E-state index in [1.54, 1.807) is 0 Å². The molecule has 0 amide bonds. The third-order valence-electron chi connectivity index (χ3n) is 2.27. The lowest BCUT2D eigenvalue weighted by molar-refractivity contribution is -0.153. The lowest BCUT2D eigenvalue weighted by Crippen LogP contribution is -2.36. The van der Waals surface area contributed by atoms with Crippen LogP contribution in [0.2, 0.25) is 0 Å². The minimum atomic E-state index is -0.893. The third kappa shape index (κ3) is 2.77. The average molecular weight is 227 g/mol. The quantitative estimate of drug-likeness (QED) is 0.780. The summed E-state index contributed by atoms with van der Waals surface area (Å²) in [7, 11) is 2.62. The minimum absolute atomic E-state index is 0.358. The summed E-state index contributed by atoms with van der Waals surface area (Å²) in [6, 6.07) is 4.89. The van der Waals surface area contributed by atoms with E-state index in [9.17, 15) is 9.18 Å². The lowest BCUT2D eigenvalue weighted by atomic mass is 10.0. The number of carbonyl (C=O) groups excluding carboxylic acids is 1. The number of benzene rings is 1. The molecule has 1 aromatic rings. The molecular weight excluding hydrogens is 213 g/mol. The van der Waals surface area contributed by atoms with Crippen molar-refractivity contribution in [1.82, 2.24) is 0 Å². The van der Waals surface area contributed by atoms with Gasteiger partial charge < -0.3 is 15.2 Å². The first kappa shape index (κ1) is 12.6. The van der Waals surface area contributed by atoms with Crippen LogP contribution in [0.15, 0.2) is 24.3 Å². The average Bonchev–Trinajstić information content (AvgIpc) is 2.30. The van der Waals surface area contributed by atoms with Crippen molar-refractivity contribution < 1.29 is 18.7 Å². The van der Waals surface area contributed by atoms with Gasteiger partial charge in [0, 0.05) is 7.11 Å². The van der Waals surface area contributed by atoms with E-state index >= 15 is 0 Å². The summed E-state index contributed by atoms with van der Waals surface area (Å²) in [5.74, 6) is -0.915. The fourth-order valence-electron chi connectivity index (χ4n) is 1.37. The first-order valence-corrected chi connectivity index (χ1v) is 4.71. The van der Waals surface area contributed by atoms with Gasteiger partial charge in [0.1, 0.15) is 5.82 Å². The zero-order valence-electron chi connectivity index (χ0n) is 9.14. The molecule has 2 atom stereocenters. The van der Waals surface area contributed by atoms with Gasteiger partial charge in [-0.25, -0.2) is 9.18 Å². The van der Waals surface area contributed by atoms with Crippen LogP contribution in [0.1, 0.15) is 11.6 Å². The number of carbonyl (C=O) groups is 1. The first-order chi connectivity index (χ1) is 7.60. The van der Waals surface area contributed by atoms with E-state index in [2.05, 4.69) is 4.74 Å². The van der Waals surface area contributed by atoms with Gasteiger partial charge in [-0.1, -0.05) is 12.1 Å². The number of hydrogen-bond donors (Lipinski definition) is 1. The van der Waals surface area contributed by atoms with Crippen LogP contribution >= 0.6 is 0 Å². The topological polar surface area (TPSA) is 61.5 Å². The predicted molar refractivity (Wildman–Crippen MR) is 56.1 cm³/mol. The highest BCUT2D eigenvalue weighted by atomic mass is 19.1. The second-order valence-corrected chi connectivity index (χ2v) is 3.26. The Morgan fingerprint density at radius 2 is 1.88 bits per heavy atom. The molecule has 0 saturated heterocycles. The summed E-state index contributed by atoms with van der Waals surface area (Å²) < 4.78 is 22.2. The Kier molecular flexibility index (Phi) is 4.39. The number of hydrogen-bond acceptors (Lipinski definition) is 4. The Bertz CT molecular complexity index is 353. The van der Waals surface area contributed by atoms with E-state index in [-0.39, 0.29) is 5.82 Å². The summed E-state index contributed by atoms with van der Waals surface area (Å²) in [4.78, 5) is 11.3. The number of halogens is 1. The monoisotopic (exact) mass is 227 g/mol. The maximum Gasteiger partial charge on any atom is 0.336 e. The first-order valence-electron chi connectivity index (χ1n) is 4.71. The smallest absolute Gasteiger partial charge is 0.336 e. The highest BCUT2D eigenvalue weighted by molar-refractivity contribution is 5.75. The molecule has 2 N–H and O–H groups in total. The van der Waals surface area contributed by atoms with Gasteiger partial charge in [0.25, 0.3) is 0 Å². The Hall–Kier alpha value is -1.46. The van der Waals surface area contributed by atoms with Crippen LogP contribution < -0.4 is 5.73 Å². The van der Waals surface area contributed by atoms with Gasteiger partial charge in [0.2, 0.25) is 0 Å². The van der Waals surface area contributed by atoms with Crippen molar-refractivity contribution >= 4 is 5.97 Å². The molecule has 0 aliphatic rings. The van der Waals surface area contributed by atoms with Gasteiger partial charge >= 0.3 is 5.97 Å². The molecule has 16 heavy (non-hydrogen) atoms. The Labute approximate surface area is 93.2 Å². The van der Waals surface area contributed by atoms with Crippen molar-refractivity contribution in [1.29, 1.82) is 0 Å². The second-order valence-electron chi connectivity index (χ2n) is 3.26. The number of ether oxygens (including phenoxy) is 2. The molecule has 5 heteroatoms. The van der Waals surface area contributed by atoms with Crippen molar-refractivity contribution in [3.8, 4) is 0 Å². The molecule has 1 aromatic carbocycles. The van der Waals surface area contributed by atoms with Crippen LogP contribution in [-0.2, 0) is 14.3 Å². The minimum Gasteiger partial charge on any atom is -0.467 e. The molecule has 0 fully saturated rings. The number of rotatable bonds is 4. The fourth-order valence-corrected chi connectivity index (χ4v) is 1.37. The number of esters is 1. The molecule has 0 radical (unpaired) electrons. The van der Waals surface area contributed by atoms with E-state index in [0.717, 1.165) is 0 Å². The van der Waals surface area contributed by atoms with E-state index < -0.39 is 18.1 Å². The number of nitrogens with two attached hydrogens (primary N) is 1. The van der Waals surface area contributed by atoms with Crippen LogP contribution in [0, 0.1) is 5.82 Å². The highest BCUT2D eigenvalue weighted by Crippen LogP contribution is 2.17. The summed E-state index contributed by atoms with van der Waals surface area (Å²) in [5.41, 5.74) is 6.44. The molecule has 0 aliphatic heterocycles. The van der Waals surface area contributed by atoms with Crippen LogP contribution in [0.25, 0.3) is 0 Å². The van der Waals surface area contributed by atoms with E-state index in [0.29, 0.717) is 5.56 Å². The normalized spacial score (nSPS) is 14.2. The molecule has 0 aromatic heterocycles. The van der Waals surface area contributed by atoms with Crippen LogP contribution in [0.3, 0.4) is 0 Å². The molecule has 88 valence electrons. The maximum atomic E-state index is 12.7. The van der Waals surface area contributed by atoms with Crippen molar-refractivity contribution in [2.24, 2.45) is 5.73 Å². The van der Waals surface area contributed by atoms with Gasteiger partial charge in [0.05, 0.1) is 13.2 Å². The Morgan fingerprint density at radius 1 is 1.31 bits per heavy atom. The molecule has 0 heterocycles. The van der Waals surface area contributed by atoms with Crippen LogP contribution in [-0.4, -0.2) is 26.3 Å². The molecule has 1 rings (SSSR count). The highest BCUT2D eigenvalue weighted by Gasteiger charge is 2.27. The fraction of sp³-hybridized carbons (Fsp3) is 0.364. The van der Waals surface area contributed by atoms with Gasteiger partial charge in [-0.3, -0.25) is 0 Å². The molecule has 0 aliphatic carbocycles. The van der Waals surface area contributed by atoms with E-state index in [4.69, 9.17) is 10.5 Å². The molecule has 4 nitrogen and oxygen atoms in total. The Morgan fingerprint density at radius 3 is 2.31 bits per heavy atom. The van der Waals surface area contributed by atoms with Gasteiger partial charge in [-0.05, 0) is 17.7 Å². The maximum absolute atomic E-state index is 12.7. The lowest BCUT2D eigenvalue weighted by Gasteiger charge is -2.20. The summed E-state index contributed by atoms with van der Waals surface area (Å²) in [6.45, 7) is 0. The molecule has 0 bridgehead atoms. The largest absolute Gasteiger partial charge is 0.467 e. The predicted octanol–water partition coefficient (Wildman–Crippen LogP) is 1.01. The standard InChI is InChI=1S/C11H14FNO3/c1-15-10(11(14)16-2)9(13)7-3-5-8(12)6-4-7/h3-6,9-10H,13H2,1-2H3/t9-,10-/m0/s1. The molecule has 0 spiro atoms. The third-order valence-corrected chi connectivity index (χ3v) is 2.27. The SMILES string of the molecule is COC(=O)[C@@H](OC)[C@@H](N)c1ccc(F)cc1. The van der Waals surface area contributed by atoms with Crippen LogP contribution in [0.5, 0.6) is 0 Å². The van der Waals surface area contributed by atoms with Gasteiger partial charge in [-0.2, -0.15) is 0 Å². The molecule has 0 unspecified atom stereocenters. The summed E-state index contributed by atoms with van der Waals surface area (Å²) in [6.07, 6.45) is -0.893. The zero-order chi connectivity index (χ0) is 12.1. The molecule has 0 saturated carbocycles. The Balaban J connectivity index is 2.86.